The SMILES string of the molecule is CCOC(=O)C1CCC(O)(CS(=O)CCS(C)(=O)=O)CC1. The van der Waals surface area contributed by atoms with E-state index in [4.69, 9.17) is 4.74 Å². The summed E-state index contributed by atoms with van der Waals surface area (Å²) in [6.07, 6.45) is 2.91. The largest absolute Gasteiger partial charge is 0.466 e. The van der Waals surface area contributed by atoms with Crippen molar-refractivity contribution in [1.82, 2.24) is 0 Å². The number of esters is 1. The Balaban J connectivity index is 2.43. The molecule has 0 aromatic rings. The first-order valence-electron chi connectivity index (χ1n) is 7.07. The molecule has 0 aliphatic heterocycles. The molecule has 0 aromatic carbocycles. The molecule has 0 amide bonds. The fourth-order valence-electron chi connectivity index (χ4n) is 2.41. The van der Waals surface area contributed by atoms with Crippen LogP contribution in [0.15, 0.2) is 0 Å². The van der Waals surface area contributed by atoms with Crippen LogP contribution in [0.3, 0.4) is 0 Å². The Labute approximate surface area is 128 Å². The van der Waals surface area contributed by atoms with E-state index in [1.54, 1.807) is 6.92 Å². The Morgan fingerprint density at radius 2 is 1.95 bits per heavy atom. The van der Waals surface area contributed by atoms with Gasteiger partial charge >= 0.3 is 5.97 Å². The molecule has 1 saturated carbocycles. The highest BCUT2D eigenvalue weighted by Crippen LogP contribution is 2.33. The maximum atomic E-state index is 11.9. The molecule has 1 N–H and O–H groups in total. The quantitative estimate of drug-likeness (QED) is 0.668. The number of hydrogen-bond acceptors (Lipinski definition) is 6. The van der Waals surface area contributed by atoms with Gasteiger partial charge in [0.25, 0.3) is 0 Å². The monoisotopic (exact) mass is 340 g/mol. The minimum absolute atomic E-state index is 0.0441. The van der Waals surface area contributed by atoms with Crippen molar-refractivity contribution in [3.8, 4) is 0 Å². The van der Waals surface area contributed by atoms with Crippen LogP contribution >= 0.6 is 0 Å². The molecular formula is C13H24O6S2. The fraction of sp³-hybridized carbons (Fsp3) is 0.923. The van der Waals surface area contributed by atoms with Crippen LogP contribution in [0.5, 0.6) is 0 Å². The first kappa shape index (κ1) is 18.6. The van der Waals surface area contributed by atoms with Gasteiger partial charge in [0.2, 0.25) is 0 Å². The van der Waals surface area contributed by atoms with Gasteiger partial charge in [-0.3, -0.25) is 9.00 Å². The van der Waals surface area contributed by atoms with E-state index in [2.05, 4.69) is 0 Å². The Hall–Kier alpha value is -0.470. The molecule has 1 atom stereocenters. The smallest absolute Gasteiger partial charge is 0.308 e. The summed E-state index contributed by atoms with van der Waals surface area (Å²) in [5.74, 6) is -0.464. The van der Waals surface area contributed by atoms with Gasteiger partial charge in [-0.15, -0.1) is 0 Å². The lowest BCUT2D eigenvalue weighted by Crippen LogP contribution is -2.41. The van der Waals surface area contributed by atoms with Crippen molar-refractivity contribution in [1.29, 1.82) is 0 Å². The van der Waals surface area contributed by atoms with Crippen LogP contribution in [0.1, 0.15) is 32.6 Å². The van der Waals surface area contributed by atoms with Gasteiger partial charge in [-0.1, -0.05) is 0 Å². The highest BCUT2D eigenvalue weighted by molar-refractivity contribution is 7.92. The van der Waals surface area contributed by atoms with E-state index in [0.29, 0.717) is 32.3 Å². The lowest BCUT2D eigenvalue weighted by atomic mass is 9.80. The predicted molar refractivity (Wildman–Crippen MR) is 81.1 cm³/mol. The first-order chi connectivity index (χ1) is 9.65. The zero-order valence-electron chi connectivity index (χ0n) is 12.5. The number of carbonyl (C=O) groups is 1. The van der Waals surface area contributed by atoms with Gasteiger partial charge in [0.1, 0.15) is 9.84 Å². The Morgan fingerprint density at radius 1 is 1.38 bits per heavy atom. The predicted octanol–water partition coefficient (Wildman–Crippen LogP) is 0.264. The van der Waals surface area contributed by atoms with Gasteiger partial charge in [-0.25, -0.2) is 8.42 Å². The zero-order chi connectivity index (χ0) is 16.1. The minimum Gasteiger partial charge on any atom is -0.466 e. The molecular weight excluding hydrogens is 316 g/mol. The third-order valence-electron chi connectivity index (χ3n) is 3.65. The molecule has 8 heteroatoms. The molecule has 0 saturated heterocycles. The van der Waals surface area contributed by atoms with Gasteiger partial charge in [0.05, 0.1) is 29.6 Å². The van der Waals surface area contributed by atoms with Crippen molar-refractivity contribution in [2.24, 2.45) is 5.92 Å². The molecule has 0 spiro atoms. The van der Waals surface area contributed by atoms with Crippen molar-refractivity contribution < 1.29 is 27.3 Å². The second-order valence-electron chi connectivity index (χ2n) is 5.67. The molecule has 0 bridgehead atoms. The van der Waals surface area contributed by atoms with E-state index in [1.165, 1.54) is 0 Å². The Kier molecular flexibility index (Phi) is 6.80. The van der Waals surface area contributed by atoms with Gasteiger partial charge in [0.15, 0.2) is 0 Å². The van der Waals surface area contributed by atoms with Crippen LogP contribution in [0.2, 0.25) is 0 Å². The van der Waals surface area contributed by atoms with Crippen molar-refractivity contribution in [2.45, 2.75) is 38.2 Å². The molecule has 21 heavy (non-hydrogen) atoms. The molecule has 1 rings (SSSR count). The highest BCUT2D eigenvalue weighted by atomic mass is 32.2. The van der Waals surface area contributed by atoms with Crippen LogP contribution in [-0.4, -0.2) is 59.4 Å². The van der Waals surface area contributed by atoms with E-state index in [0.717, 1.165) is 6.26 Å². The summed E-state index contributed by atoms with van der Waals surface area (Å²) in [5, 5.41) is 10.4. The maximum Gasteiger partial charge on any atom is 0.308 e. The lowest BCUT2D eigenvalue weighted by Gasteiger charge is -2.34. The molecule has 0 heterocycles. The summed E-state index contributed by atoms with van der Waals surface area (Å²) in [6, 6.07) is 0. The van der Waals surface area contributed by atoms with Gasteiger partial charge < -0.3 is 9.84 Å². The topological polar surface area (TPSA) is 97.7 Å². The number of aliphatic hydroxyl groups is 1. The number of ether oxygens (including phenoxy) is 1. The van der Waals surface area contributed by atoms with Crippen LogP contribution in [-0.2, 0) is 30.2 Å². The molecule has 124 valence electrons. The summed E-state index contributed by atoms with van der Waals surface area (Å²) in [5.41, 5.74) is -1.06. The molecule has 6 nitrogen and oxygen atoms in total. The van der Waals surface area contributed by atoms with E-state index in [1.807, 2.05) is 0 Å². The molecule has 0 radical (unpaired) electrons. The molecule has 0 aromatic heterocycles. The number of hydrogen-bond donors (Lipinski definition) is 1. The van der Waals surface area contributed by atoms with Crippen molar-refractivity contribution in [3.05, 3.63) is 0 Å². The average Bonchev–Trinajstić information content (AvgIpc) is 2.36. The normalized spacial score (nSPS) is 28.0. The zero-order valence-corrected chi connectivity index (χ0v) is 14.2. The van der Waals surface area contributed by atoms with Gasteiger partial charge in [-0.05, 0) is 32.6 Å². The molecule has 1 fully saturated rings. The summed E-state index contributed by atoms with van der Waals surface area (Å²) in [4.78, 5) is 11.6. The molecule has 1 unspecified atom stereocenters. The van der Waals surface area contributed by atoms with E-state index < -0.39 is 26.2 Å². The number of rotatable bonds is 7. The fourth-order valence-corrected chi connectivity index (χ4v) is 5.40. The second-order valence-corrected chi connectivity index (χ2v) is 9.51. The third-order valence-corrected chi connectivity index (χ3v) is 6.37. The minimum atomic E-state index is -3.14. The molecule has 1 aliphatic carbocycles. The first-order valence-corrected chi connectivity index (χ1v) is 10.6. The van der Waals surface area contributed by atoms with Gasteiger partial charge in [0, 0.05) is 22.8 Å². The third kappa shape index (κ3) is 6.88. The summed E-state index contributed by atoms with van der Waals surface area (Å²) in [6.45, 7) is 2.09. The summed E-state index contributed by atoms with van der Waals surface area (Å²) < 4.78 is 38.9. The van der Waals surface area contributed by atoms with Crippen LogP contribution in [0, 0.1) is 5.92 Å². The molecule has 1 aliphatic rings. The van der Waals surface area contributed by atoms with Crippen LogP contribution in [0.25, 0.3) is 0 Å². The average molecular weight is 340 g/mol. The van der Waals surface area contributed by atoms with Gasteiger partial charge in [-0.2, -0.15) is 0 Å². The second kappa shape index (κ2) is 7.69. The Bertz CT molecular complexity index is 477. The number of carbonyl (C=O) groups excluding carboxylic acids is 1. The maximum absolute atomic E-state index is 11.9. The lowest BCUT2D eigenvalue weighted by molar-refractivity contribution is -0.150. The standard InChI is InChI=1S/C13H24O6S2/c1-3-19-12(14)11-4-6-13(15,7-5-11)10-20(16)8-9-21(2,17)18/h11,15H,3-10H2,1-2H3. The van der Waals surface area contributed by atoms with Crippen molar-refractivity contribution in [2.75, 3.05) is 30.1 Å². The van der Waals surface area contributed by atoms with Crippen LogP contribution in [0.4, 0.5) is 0 Å². The van der Waals surface area contributed by atoms with Crippen molar-refractivity contribution in [3.63, 3.8) is 0 Å². The highest BCUT2D eigenvalue weighted by Gasteiger charge is 2.37. The van der Waals surface area contributed by atoms with E-state index >= 15 is 0 Å². The Morgan fingerprint density at radius 3 is 2.43 bits per heavy atom. The van der Waals surface area contributed by atoms with Crippen molar-refractivity contribution >= 4 is 26.6 Å². The van der Waals surface area contributed by atoms with E-state index in [-0.39, 0.29) is 29.1 Å². The number of sulfone groups is 1. The van der Waals surface area contributed by atoms with Crippen LogP contribution < -0.4 is 0 Å². The van der Waals surface area contributed by atoms with E-state index in [9.17, 15) is 22.5 Å². The summed E-state index contributed by atoms with van der Waals surface area (Å²) in [7, 11) is -4.52. The summed E-state index contributed by atoms with van der Waals surface area (Å²) >= 11 is 0.